The fourth-order valence-electron chi connectivity index (χ4n) is 2.85. The molecule has 0 fully saturated rings. The lowest BCUT2D eigenvalue weighted by molar-refractivity contribution is 0.171. The number of benzene rings is 2. The third kappa shape index (κ3) is 2.21. The lowest BCUT2D eigenvalue weighted by Crippen LogP contribution is -2.17. The van der Waals surface area contributed by atoms with Crippen molar-refractivity contribution in [3.63, 3.8) is 0 Å². The Bertz CT molecular complexity index is 684. The fourth-order valence-corrected chi connectivity index (χ4v) is 2.85. The van der Waals surface area contributed by atoms with Crippen LogP contribution in [0.2, 0.25) is 0 Å². The number of fused-ring (bicyclic) bond motifs is 2. The van der Waals surface area contributed by atoms with Gasteiger partial charge in [-0.25, -0.2) is 0 Å². The summed E-state index contributed by atoms with van der Waals surface area (Å²) in [6, 6.07) is 11.9. The van der Waals surface area contributed by atoms with Gasteiger partial charge >= 0.3 is 0 Å². The minimum Gasteiger partial charge on any atom is -0.493 e. The van der Waals surface area contributed by atoms with Crippen LogP contribution < -0.4 is 19.9 Å². The van der Waals surface area contributed by atoms with E-state index in [1.54, 1.807) is 0 Å². The van der Waals surface area contributed by atoms with E-state index in [-0.39, 0.29) is 6.04 Å². The number of hydrogen-bond acceptors (Lipinski definition) is 4. The zero-order valence-corrected chi connectivity index (χ0v) is 11.7. The van der Waals surface area contributed by atoms with E-state index in [9.17, 15) is 0 Å². The Hall–Kier alpha value is -2.20. The van der Waals surface area contributed by atoms with Crippen molar-refractivity contribution in [1.29, 1.82) is 0 Å². The average molecular weight is 283 g/mol. The Labute approximate surface area is 123 Å². The van der Waals surface area contributed by atoms with Crippen molar-refractivity contribution in [3.05, 3.63) is 53.1 Å². The van der Waals surface area contributed by atoms with Crippen LogP contribution in [0.4, 0.5) is 0 Å². The number of hydrogen-bond donors (Lipinski definition) is 1. The summed E-state index contributed by atoms with van der Waals surface area (Å²) in [6.45, 7) is 1.95. The van der Waals surface area contributed by atoms with Crippen LogP contribution >= 0.6 is 0 Å². The maximum atomic E-state index is 6.41. The van der Waals surface area contributed by atoms with Gasteiger partial charge in [0, 0.05) is 6.42 Å². The number of rotatable bonds is 2. The summed E-state index contributed by atoms with van der Waals surface area (Å²) >= 11 is 0. The first-order valence-corrected chi connectivity index (χ1v) is 7.22. The lowest BCUT2D eigenvalue weighted by atomic mass is 9.97. The van der Waals surface area contributed by atoms with Crippen molar-refractivity contribution in [1.82, 2.24) is 0 Å². The van der Waals surface area contributed by atoms with Crippen LogP contribution in [-0.2, 0) is 6.42 Å². The summed E-state index contributed by atoms with van der Waals surface area (Å²) in [5.41, 5.74) is 9.76. The summed E-state index contributed by atoms with van der Waals surface area (Å²) < 4.78 is 16.7. The highest BCUT2D eigenvalue weighted by atomic mass is 16.6. The average Bonchev–Trinajstić information content (AvgIpc) is 3.01. The predicted octanol–water partition coefficient (Wildman–Crippen LogP) is 2.44. The Morgan fingerprint density at radius 1 is 0.762 bits per heavy atom. The van der Waals surface area contributed by atoms with Crippen molar-refractivity contribution in [2.24, 2.45) is 5.73 Å². The number of ether oxygens (including phenoxy) is 3. The second-order valence-electron chi connectivity index (χ2n) is 5.35. The van der Waals surface area contributed by atoms with E-state index in [1.165, 1.54) is 5.56 Å². The van der Waals surface area contributed by atoms with Gasteiger partial charge in [-0.3, -0.25) is 0 Å². The molecule has 2 aliphatic heterocycles. The van der Waals surface area contributed by atoms with E-state index < -0.39 is 0 Å². The molecule has 4 rings (SSSR count). The Kier molecular flexibility index (Phi) is 2.97. The van der Waals surface area contributed by atoms with Gasteiger partial charge in [-0.2, -0.15) is 0 Å². The van der Waals surface area contributed by atoms with Gasteiger partial charge in [0.25, 0.3) is 0 Å². The van der Waals surface area contributed by atoms with Crippen molar-refractivity contribution in [2.45, 2.75) is 12.5 Å². The minimum atomic E-state index is -0.174. The predicted molar refractivity (Wildman–Crippen MR) is 79.1 cm³/mol. The topological polar surface area (TPSA) is 53.7 Å². The van der Waals surface area contributed by atoms with Gasteiger partial charge in [0.1, 0.15) is 19.0 Å². The van der Waals surface area contributed by atoms with Crippen LogP contribution in [0.1, 0.15) is 22.7 Å². The molecule has 0 radical (unpaired) electrons. The van der Waals surface area contributed by atoms with Gasteiger partial charge in [0.2, 0.25) is 0 Å². The molecule has 0 amide bonds. The maximum Gasteiger partial charge on any atom is 0.161 e. The second-order valence-corrected chi connectivity index (χ2v) is 5.35. The zero-order chi connectivity index (χ0) is 14.2. The highest BCUT2D eigenvalue weighted by molar-refractivity contribution is 5.48. The van der Waals surface area contributed by atoms with Gasteiger partial charge in [-0.05, 0) is 34.9 Å². The summed E-state index contributed by atoms with van der Waals surface area (Å²) in [7, 11) is 0. The molecule has 0 spiro atoms. The molecular formula is C17H17NO3. The Morgan fingerprint density at radius 3 is 2.29 bits per heavy atom. The Morgan fingerprint density at radius 2 is 1.43 bits per heavy atom. The summed E-state index contributed by atoms with van der Waals surface area (Å²) in [6.07, 6.45) is 0.955. The second kappa shape index (κ2) is 4.97. The number of nitrogens with two attached hydrogens (primary N) is 1. The molecule has 2 heterocycles. The van der Waals surface area contributed by atoms with Gasteiger partial charge < -0.3 is 19.9 Å². The largest absolute Gasteiger partial charge is 0.493 e. The summed E-state index contributed by atoms with van der Waals surface area (Å²) in [5, 5.41) is 0. The van der Waals surface area contributed by atoms with E-state index in [1.807, 2.05) is 30.3 Å². The van der Waals surface area contributed by atoms with Crippen LogP contribution in [0.25, 0.3) is 0 Å². The van der Waals surface area contributed by atoms with Crippen molar-refractivity contribution < 1.29 is 14.2 Å². The normalized spacial score (nSPS) is 17.0. The molecule has 0 aliphatic carbocycles. The fraction of sp³-hybridized carbons (Fsp3) is 0.294. The van der Waals surface area contributed by atoms with E-state index in [4.69, 9.17) is 19.9 Å². The molecule has 0 saturated carbocycles. The summed E-state index contributed by atoms with van der Waals surface area (Å²) in [5.74, 6) is 2.55. The van der Waals surface area contributed by atoms with Crippen LogP contribution in [0, 0.1) is 0 Å². The molecule has 0 saturated heterocycles. The first-order valence-electron chi connectivity index (χ1n) is 7.22. The van der Waals surface area contributed by atoms with E-state index in [2.05, 4.69) is 6.07 Å². The quantitative estimate of drug-likeness (QED) is 0.919. The third-order valence-electron chi connectivity index (χ3n) is 4.00. The molecule has 4 nitrogen and oxygen atoms in total. The molecule has 0 bridgehead atoms. The van der Waals surface area contributed by atoms with Crippen molar-refractivity contribution >= 4 is 0 Å². The molecule has 1 atom stereocenters. The summed E-state index contributed by atoms with van der Waals surface area (Å²) in [4.78, 5) is 0. The molecule has 2 N–H and O–H groups in total. The molecule has 108 valence electrons. The highest BCUT2D eigenvalue weighted by Crippen LogP contribution is 2.35. The monoisotopic (exact) mass is 283 g/mol. The zero-order valence-electron chi connectivity index (χ0n) is 11.7. The molecule has 1 unspecified atom stereocenters. The molecule has 21 heavy (non-hydrogen) atoms. The van der Waals surface area contributed by atoms with E-state index >= 15 is 0 Å². The minimum absolute atomic E-state index is 0.174. The lowest BCUT2D eigenvalue weighted by Gasteiger charge is -2.21. The molecule has 4 heteroatoms. The molecule has 2 aromatic rings. The third-order valence-corrected chi connectivity index (χ3v) is 4.00. The van der Waals surface area contributed by atoms with Gasteiger partial charge in [-0.1, -0.05) is 18.2 Å². The van der Waals surface area contributed by atoms with Crippen LogP contribution in [0.5, 0.6) is 17.2 Å². The molecule has 2 aromatic carbocycles. The standard InChI is InChI=1S/C17H17NO3/c18-17(12-1-3-14-11(9-12)5-6-19-14)13-2-4-15-16(10-13)21-8-7-20-15/h1-4,9-10,17H,5-8,18H2. The van der Waals surface area contributed by atoms with Crippen molar-refractivity contribution in [2.75, 3.05) is 19.8 Å². The first kappa shape index (κ1) is 12.5. The first-order chi connectivity index (χ1) is 10.3. The van der Waals surface area contributed by atoms with Gasteiger partial charge in [0.15, 0.2) is 11.5 Å². The van der Waals surface area contributed by atoms with E-state index in [0.29, 0.717) is 13.2 Å². The van der Waals surface area contributed by atoms with Crippen LogP contribution in [0.3, 0.4) is 0 Å². The maximum absolute atomic E-state index is 6.41. The highest BCUT2D eigenvalue weighted by Gasteiger charge is 2.18. The van der Waals surface area contributed by atoms with Crippen LogP contribution in [0.15, 0.2) is 36.4 Å². The van der Waals surface area contributed by atoms with Gasteiger partial charge in [0.05, 0.1) is 12.6 Å². The van der Waals surface area contributed by atoms with Gasteiger partial charge in [-0.15, -0.1) is 0 Å². The Balaban J connectivity index is 1.66. The van der Waals surface area contributed by atoms with E-state index in [0.717, 1.165) is 41.4 Å². The molecule has 2 aliphatic rings. The molecule has 0 aromatic heterocycles. The smallest absolute Gasteiger partial charge is 0.161 e. The van der Waals surface area contributed by atoms with Crippen LogP contribution in [-0.4, -0.2) is 19.8 Å². The van der Waals surface area contributed by atoms with Crippen molar-refractivity contribution in [3.8, 4) is 17.2 Å². The SMILES string of the molecule is NC(c1ccc2c(c1)CCO2)c1ccc2c(c1)OCCO2. The molecular weight excluding hydrogens is 266 g/mol.